The van der Waals surface area contributed by atoms with E-state index in [9.17, 15) is 13.2 Å². The Bertz CT molecular complexity index is 969. The Balaban J connectivity index is 1.71. The summed E-state index contributed by atoms with van der Waals surface area (Å²) in [5, 5.41) is 0. The molecular weight excluding hydrogens is 454 g/mol. The Labute approximate surface area is 204 Å². The minimum Gasteiger partial charge on any atom is -0.444 e. The van der Waals surface area contributed by atoms with Crippen molar-refractivity contribution in [1.82, 2.24) is 4.90 Å². The van der Waals surface area contributed by atoms with E-state index in [2.05, 4.69) is 6.58 Å². The minimum atomic E-state index is -3.45. The lowest BCUT2D eigenvalue weighted by Gasteiger charge is -2.31. The molecule has 7 nitrogen and oxygen atoms in total. The number of carbonyl (C=O) groups excluding carboxylic acids is 1. The van der Waals surface area contributed by atoms with Gasteiger partial charge in [-0.05, 0) is 59.1 Å². The minimum absolute atomic E-state index is 0.00530. The number of hydrogen-bond acceptors (Lipinski definition) is 6. The summed E-state index contributed by atoms with van der Waals surface area (Å²) in [6.45, 7) is 15.5. The van der Waals surface area contributed by atoms with E-state index in [1.807, 2.05) is 41.5 Å². The fourth-order valence-corrected chi connectivity index (χ4v) is 6.68. The lowest BCUT2D eigenvalue weighted by molar-refractivity contribution is -0.0893. The summed E-state index contributed by atoms with van der Waals surface area (Å²) in [6.07, 6.45) is 1.88. The average Bonchev–Trinajstić information content (AvgIpc) is 3.18. The van der Waals surface area contributed by atoms with E-state index in [1.165, 1.54) is 0 Å². The van der Waals surface area contributed by atoms with E-state index in [-0.39, 0.29) is 35.9 Å². The van der Waals surface area contributed by atoms with Gasteiger partial charge in [0, 0.05) is 12.3 Å². The molecular formula is C26H39NO6S. The molecule has 0 aliphatic carbocycles. The van der Waals surface area contributed by atoms with Gasteiger partial charge in [0.05, 0.1) is 35.5 Å². The summed E-state index contributed by atoms with van der Waals surface area (Å²) in [4.78, 5) is 14.7. The van der Waals surface area contributed by atoms with Crippen molar-refractivity contribution in [3.05, 3.63) is 43.0 Å². The molecule has 0 saturated carbocycles. The summed E-state index contributed by atoms with van der Waals surface area (Å²) in [6, 6.07) is 8.55. The maximum absolute atomic E-state index is 13.1. The molecule has 2 saturated heterocycles. The zero-order valence-electron chi connectivity index (χ0n) is 21.2. The van der Waals surface area contributed by atoms with Gasteiger partial charge in [-0.25, -0.2) is 13.2 Å². The number of carbonyl (C=O) groups is 1. The van der Waals surface area contributed by atoms with E-state index in [4.69, 9.17) is 14.2 Å². The van der Waals surface area contributed by atoms with Gasteiger partial charge < -0.3 is 14.2 Å². The van der Waals surface area contributed by atoms with Crippen LogP contribution in [0.2, 0.25) is 0 Å². The molecule has 2 aliphatic heterocycles. The van der Waals surface area contributed by atoms with Gasteiger partial charge in [-0.1, -0.05) is 31.2 Å². The normalized spacial score (nSPS) is 29.2. The predicted octanol–water partition coefficient (Wildman–Crippen LogP) is 4.82. The number of ether oxygens (including phenoxy) is 3. The fraction of sp³-hybridized carbons (Fsp3) is 0.654. The Morgan fingerprint density at radius 2 is 1.88 bits per heavy atom. The predicted molar refractivity (Wildman–Crippen MR) is 131 cm³/mol. The van der Waals surface area contributed by atoms with Crippen molar-refractivity contribution in [2.24, 2.45) is 11.8 Å². The maximum Gasteiger partial charge on any atom is 0.412 e. The molecule has 2 aliphatic rings. The molecule has 0 spiro atoms. The zero-order valence-corrected chi connectivity index (χ0v) is 22.0. The van der Waals surface area contributed by atoms with Crippen LogP contribution in [0.1, 0.15) is 54.4 Å². The molecule has 1 aromatic carbocycles. The lowest BCUT2D eigenvalue weighted by Crippen LogP contribution is -2.46. The molecule has 5 atom stereocenters. The van der Waals surface area contributed by atoms with Crippen LogP contribution in [0.15, 0.2) is 47.9 Å². The second-order valence-electron chi connectivity index (χ2n) is 10.9. The van der Waals surface area contributed by atoms with Gasteiger partial charge in [-0.15, -0.1) is 6.58 Å². The highest BCUT2D eigenvalue weighted by atomic mass is 32.2. The summed E-state index contributed by atoms with van der Waals surface area (Å²) in [5.74, 6) is -0.135. The third-order valence-corrected chi connectivity index (χ3v) is 8.42. The van der Waals surface area contributed by atoms with Crippen LogP contribution in [0.3, 0.4) is 0 Å². The van der Waals surface area contributed by atoms with Gasteiger partial charge in [0.2, 0.25) is 0 Å². The number of amides is 1. The molecule has 0 bridgehead atoms. The van der Waals surface area contributed by atoms with Crippen LogP contribution in [0.4, 0.5) is 4.79 Å². The molecule has 2 fully saturated rings. The van der Waals surface area contributed by atoms with E-state index in [0.29, 0.717) is 24.3 Å². The number of sulfone groups is 1. The molecule has 0 radical (unpaired) electrons. The average molecular weight is 494 g/mol. The number of benzene rings is 1. The fourth-order valence-electron chi connectivity index (χ4n) is 4.89. The van der Waals surface area contributed by atoms with Crippen LogP contribution >= 0.6 is 0 Å². The smallest absolute Gasteiger partial charge is 0.412 e. The van der Waals surface area contributed by atoms with Crippen LogP contribution in [0.5, 0.6) is 0 Å². The van der Waals surface area contributed by atoms with Crippen molar-refractivity contribution in [1.29, 1.82) is 0 Å². The van der Waals surface area contributed by atoms with Gasteiger partial charge in [-0.2, -0.15) is 0 Å². The quantitative estimate of drug-likeness (QED) is 0.507. The second-order valence-corrected chi connectivity index (χ2v) is 12.9. The first-order chi connectivity index (χ1) is 15.7. The van der Waals surface area contributed by atoms with E-state index in [0.717, 1.165) is 0 Å². The zero-order chi connectivity index (χ0) is 25.3. The highest BCUT2D eigenvalue weighted by molar-refractivity contribution is 7.91. The largest absolute Gasteiger partial charge is 0.444 e. The van der Waals surface area contributed by atoms with Crippen LogP contribution < -0.4 is 0 Å². The van der Waals surface area contributed by atoms with Gasteiger partial charge in [0.25, 0.3) is 0 Å². The third-order valence-electron chi connectivity index (χ3n) is 6.60. The molecule has 0 unspecified atom stereocenters. The highest BCUT2D eigenvalue weighted by Gasteiger charge is 2.48. The molecule has 1 amide bonds. The first kappa shape index (κ1) is 26.7. The topological polar surface area (TPSA) is 82.1 Å². The summed E-state index contributed by atoms with van der Waals surface area (Å²) in [7, 11) is -3.45. The van der Waals surface area contributed by atoms with Crippen LogP contribution in [-0.4, -0.2) is 61.3 Å². The van der Waals surface area contributed by atoms with Crippen molar-refractivity contribution in [2.45, 2.75) is 88.9 Å². The molecule has 1 aromatic rings. The Kier molecular flexibility index (Phi) is 7.85. The molecule has 34 heavy (non-hydrogen) atoms. The molecule has 0 N–H and O–H groups in total. The second kappa shape index (κ2) is 9.99. The first-order valence-electron chi connectivity index (χ1n) is 12.0. The Morgan fingerprint density at radius 3 is 2.47 bits per heavy atom. The summed E-state index contributed by atoms with van der Waals surface area (Å²) < 4.78 is 44.3. The van der Waals surface area contributed by atoms with Crippen LogP contribution in [0.25, 0.3) is 0 Å². The Hall–Kier alpha value is -1.90. The molecule has 3 rings (SSSR count). The standard InChI is InChI=1S/C26H39NO6S/c1-8-12-22-21(17-34(29,30)20-13-10-9-11-14-20)18(2)23(31-22)15-19-16-27(26(6,7)32-19)24(28)33-25(3,4)5/h8-11,13-14,18-19,21-23H,1,12,15-17H2,2-7H3/t18-,19+,21-,22+,23-/m1/s1. The molecule has 0 aromatic heterocycles. The molecule has 2 heterocycles. The first-order valence-corrected chi connectivity index (χ1v) is 13.6. The van der Waals surface area contributed by atoms with Crippen LogP contribution in [-0.2, 0) is 24.0 Å². The van der Waals surface area contributed by atoms with Gasteiger partial charge in [0.1, 0.15) is 11.3 Å². The van der Waals surface area contributed by atoms with Crippen molar-refractivity contribution in [3.63, 3.8) is 0 Å². The molecule has 190 valence electrons. The van der Waals surface area contributed by atoms with Crippen molar-refractivity contribution in [3.8, 4) is 0 Å². The lowest BCUT2D eigenvalue weighted by atomic mass is 9.87. The SMILES string of the molecule is C=CC[C@@H]1O[C@H](C[C@H]2CN(C(=O)OC(C)(C)C)C(C)(C)O2)[C@H](C)[C@H]1CS(=O)(=O)c1ccccc1. The van der Waals surface area contributed by atoms with E-state index in [1.54, 1.807) is 41.3 Å². The van der Waals surface area contributed by atoms with Gasteiger partial charge in [-0.3, -0.25) is 4.90 Å². The number of nitrogens with zero attached hydrogens (tertiary/aromatic N) is 1. The van der Waals surface area contributed by atoms with E-state index < -0.39 is 27.3 Å². The Morgan fingerprint density at radius 1 is 1.24 bits per heavy atom. The molecule has 8 heteroatoms. The van der Waals surface area contributed by atoms with E-state index >= 15 is 0 Å². The van der Waals surface area contributed by atoms with Crippen molar-refractivity contribution < 1.29 is 27.4 Å². The van der Waals surface area contributed by atoms with Gasteiger partial charge in [0.15, 0.2) is 9.84 Å². The summed E-state index contributed by atoms with van der Waals surface area (Å²) in [5.41, 5.74) is -1.39. The highest BCUT2D eigenvalue weighted by Crippen LogP contribution is 2.40. The maximum atomic E-state index is 13.1. The van der Waals surface area contributed by atoms with Crippen molar-refractivity contribution >= 4 is 15.9 Å². The number of rotatable bonds is 7. The van der Waals surface area contributed by atoms with Crippen LogP contribution in [0, 0.1) is 11.8 Å². The van der Waals surface area contributed by atoms with Gasteiger partial charge >= 0.3 is 6.09 Å². The summed E-state index contributed by atoms with van der Waals surface area (Å²) >= 11 is 0. The third kappa shape index (κ3) is 6.20. The monoisotopic (exact) mass is 493 g/mol. The number of hydrogen-bond donors (Lipinski definition) is 0. The van der Waals surface area contributed by atoms with Crippen molar-refractivity contribution in [2.75, 3.05) is 12.3 Å².